The first-order valence-corrected chi connectivity index (χ1v) is 12.1. The predicted molar refractivity (Wildman–Crippen MR) is 142 cm³/mol. The standard InChI is InChI=1S/C28H37N5O3/c1-9-36-22-15-14-19(27(2,3)4)16-18(22)17-29-25(34)20-12-10-11-13-21(20)30-31-23-24(28(5,6)7)32-33(8)26(23)35/h10-16,35H,9,17H2,1-8H3,(H,29,34)/b31-30+. The smallest absolute Gasteiger partial charge is 0.253 e. The molecule has 3 rings (SSSR count). The van der Waals surface area contributed by atoms with Crippen molar-refractivity contribution in [1.29, 1.82) is 0 Å². The fourth-order valence-corrected chi connectivity index (χ4v) is 3.71. The average molecular weight is 492 g/mol. The van der Waals surface area contributed by atoms with E-state index in [4.69, 9.17) is 4.74 Å². The molecule has 0 spiro atoms. The molecule has 8 heteroatoms. The minimum absolute atomic E-state index is 0.0275. The quantitative estimate of drug-likeness (QED) is 0.370. The molecule has 0 fully saturated rings. The summed E-state index contributed by atoms with van der Waals surface area (Å²) >= 11 is 0. The van der Waals surface area contributed by atoms with E-state index in [1.807, 2.05) is 33.8 Å². The van der Waals surface area contributed by atoms with Gasteiger partial charge in [0.15, 0.2) is 5.69 Å². The summed E-state index contributed by atoms with van der Waals surface area (Å²) in [5.41, 5.74) is 3.39. The van der Waals surface area contributed by atoms with Gasteiger partial charge in [0.05, 0.1) is 23.6 Å². The number of hydrogen-bond acceptors (Lipinski definition) is 6. The second-order valence-electron chi connectivity index (χ2n) is 10.8. The number of hydrogen-bond donors (Lipinski definition) is 2. The number of carbonyl (C=O) groups excluding carboxylic acids is 1. The summed E-state index contributed by atoms with van der Waals surface area (Å²) in [6.07, 6.45) is 0. The maximum absolute atomic E-state index is 13.2. The van der Waals surface area contributed by atoms with Crippen molar-refractivity contribution in [3.8, 4) is 11.6 Å². The van der Waals surface area contributed by atoms with Crippen LogP contribution in [0.3, 0.4) is 0 Å². The van der Waals surface area contributed by atoms with Gasteiger partial charge < -0.3 is 15.2 Å². The third-order valence-electron chi connectivity index (χ3n) is 5.78. The van der Waals surface area contributed by atoms with E-state index in [1.165, 1.54) is 4.68 Å². The van der Waals surface area contributed by atoms with Crippen molar-refractivity contribution in [2.75, 3.05) is 6.61 Å². The molecule has 0 aliphatic heterocycles. The normalized spacial score (nSPS) is 12.2. The molecule has 2 aromatic carbocycles. The number of nitrogens with one attached hydrogen (secondary N) is 1. The highest BCUT2D eigenvalue weighted by molar-refractivity contribution is 5.98. The molecule has 0 aliphatic carbocycles. The summed E-state index contributed by atoms with van der Waals surface area (Å²) < 4.78 is 7.16. The number of benzene rings is 2. The molecule has 0 saturated heterocycles. The van der Waals surface area contributed by atoms with Crippen molar-refractivity contribution in [3.63, 3.8) is 0 Å². The molecule has 8 nitrogen and oxygen atoms in total. The maximum atomic E-state index is 13.2. The molecule has 0 unspecified atom stereocenters. The Hall–Kier alpha value is -3.68. The Morgan fingerprint density at radius 2 is 1.75 bits per heavy atom. The van der Waals surface area contributed by atoms with Crippen LogP contribution in [0.2, 0.25) is 0 Å². The number of aryl methyl sites for hydroxylation is 1. The second kappa shape index (κ2) is 10.5. The topological polar surface area (TPSA) is 101 Å². The Morgan fingerprint density at radius 1 is 1.06 bits per heavy atom. The van der Waals surface area contributed by atoms with Gasteiger partial charge in [-0.1, -0.05) is 59.7 Å². The molecule has 1 aromatic heterocycles. The lowest BCUT2D eigenvalue weighted by Crippen LogP contribution is -2.23. The van der Waals surface area contributed by atoms with Gasteiger partial charge in [-0.2, -0.15) is 5.10 Å². The van der Waals surface area contributed by atoms with Gasteiger partial charge >= 0.3 is 0 Å². The zero-order valence-electron chi connectivity index (χ0n) is 22.5. The van der Waals surface area contributed by atoms with E-state index in [1.54, 1.807) is 31.3 Å². The summed E-state index contributed by atoms with van der Waals surface area (Å²) in [5.74, 6) is 0.396. The summed E-state index contributed by atoms with van der Waals surface area (Å²) in [4.78, 5) is 13.2. The Kier molecular flexibility index (Phi) is 7.86. The van der Waals surface area contributed by atoms with Crippen molar-refractivity contribution in [1.82, 2.24) is 15.1 Å². The predicted octanol–water partition coefficient (Wildman–Crippen LogP) is 6.46. The monoisotopic (exact) mass is 491 g/mol. The molecule has 1 amide bonds. The van der Waals surface area contributed by atoms with Crippen LogP contribution in [0.4, 0.5) is 11.4 Å². The van der Waals surface area contributed by atoms with Gasteiger partial charge in [-0.05, 0) is 42.2 Å². The number of azo groups is 1. The highest BCUT2D eigenvalue weighted by Gasteiger charge is 2.26. The lowest BCUT2D eigenvalue weighted by molar-refractivity contribution is 0.0951. The number of rotatable bonds is 7. The van der Waals surface area contributed by atoms with E-state index in [9.17, 15) is 9.90 Å². The van der Waals surface area contributed by atoms with Crippen LogP contribution in [-0.4, -0.2) is 27.4 Å². The van der Waals surface area contributed by atoms with Crippen LogP contribution in [0.5, 0.6) is 11.6 Å². The highest BCUT2D eigenvalue weighted by Crippen LogP contribution is 2.38. The van der Waals surface area contributed by atoms with Crippen molar-refractivity contribution in [2.45, 2.75) is 65.8 Å². The number of aromatic nitrogens is 2. The first-order valence-electron chi connectivity index (χ1n) is 12.1. The summed E-state index contributed by atoms with van der Waals surface area (Å²) in [7, 11) is 1.65. The van der Waals surface area contributed by atoms with Gasteiger partial charge in [0.25, 0.3) is 5.91 Å². The van der Waals surface area contributed by atoms with Gasteiger partial charge in [-0.3, -0.25) is 4.79 Å². The zero-order chi connectivity index (χ0) is 26.7. The Bertz CT molecular complexity index is 1260. The van der Waals surface area contributed by atoms with Gasteiger partial charge in [-0.15, -0.1) is 10.2 Å². The maximum Gasteiger partial charge on any atom is 0.253 e. The zero-order valence-corrected chi connectivity index (χ0v) is 22.5. The van der Waals surface area contributed by atoms with E-state index in [0.717, 1.165) is 16.9 Å². The largest absolute Gasteiger partial charge is 0.494 e. The van der Waals surface area contributed by atoms with Crippen molar-refractivity contribution in [3.05, 3.63) is 64.8 Å². The van der Waals surface area contributed by atoms with E-state index in [0.29, 0.717) is 35.8 Å². The van der Waals surface area contributed by atoms with Crippen molar-refractivity contribution in [2.24, 2.45) is 17.3 Å². The molecule has 3 aromatic rings. The van der Waals surface area contributed by atoms with E-state index < -0.39 is 0 Å². The molecule has 36 heavy (non-hydrogen) atoms. The number of amides is 1. The van der Waals surface area contributed by atoms with Crippen molar-refractivity contribution < 1.29 is 14.6 Å². The van der Waals surface area contributed by atoms with Crippen LogP contribution in [-0.2, 0) is 24.4 Å². The van der Waals surface area contributed by atoms with Crippen molar-refractivity contribution >= 4 is 17.3 Å². The van der Waals surface area contributed by atoms with Crippen LogP contribution in [0.25, 0.3) is 0 Å². The summed E-state index contributed by atoms with van der Waals surface area (Å²) in [6, 6.07) is 13.1. The van der Waals surface area contributed by atoms with Crippen LogP contribution in [0, 0.1) is 0 Å². The van der Waals surface area contributed by atoms with Crippen LogP contribution in [0.15, 0.2) is 52.7 Å². The first kappa shape index (κ1) is 26.9. The minimum atomic E-state index is -0.343. The lowest BCUT2D eigenvalue weighted by Gasteiger charge is -2.21. The number of nitrogens with zero attached hydrogens (tertiary/aromatic N) is 4. The fourth-order valence-electron chi connectivity index (χ4n) is 3.71. The van der Waals surface area contributed by atoms with Crippen LogP contribution >= 0.6 is 0 Å². The molecule has 0 saturated carbocycles. The molecule has 0 atom stereocenters. The Balaban J connectivity index is 1.87. The lowest BCUT2D eigenvalue weighted by atomic mass is 9.86. The minimum Gasteiger partial charge on any atom is -0.494 e. The van der Waals surface area contributed by atoms with Gasteiger partial charge in [0.1, 0.15) is 5.75 Å². The van der Waals surface area contributed by atoms with Gasteiger partial charge in [0, 0.05) is 24.6 Å². The summed E-state index contributed by atoms with van der Waals surface area (Å²) in [6.45, 7) is 15.2. The van der Waals surface area contributed by atoms with E-state index in [-0.39, 0.29) is 22.6 Å². The number of carbonyl (C=O) groups is 1. The molecule has 2 N–H and O–H groups in total. The molecule has 0 aliphatic rings. The van der Waals surface area contributed by atoms with Crippen LogP contribution < -0.4 is 10.1 Å². The molecule has 0 radical (unpaired) electrons. The van der Waals surface area contributed by atoms with E-state index >= 15 is 0 Å². The molecule has 192 valence electrons. The second-order valence-corrected chi connectivity index (χ2v) is 10.8. The summed E-state index contributed by atoms with van der Waals surface area (Å²) in [5, 5.41) is 26.4. The highest BCUT2D eigenvalue weighted by atomic mass is 16.5. The molecule has 1 heterocycles. The Morgan fingerprint density at radius 3 is 2.39 bits per heavy atom. The van der Waals surface area contributed by atoms with Gasteiger partial charge in [0.2, 0.25) is 5.88 Å². The average Bonchev–Trinajstić information content (AvgIpc) is 3.10. The molecule has 0 bridgehead atoms. The first-order chi connectivity index (χ1) is 16.8. The fraction of sp³-hybridized carbons (Fsp3) is 0.429. The molecular weight excluding hydrogens is 454 g/mol. The molecular formula is C28H37N5O3. The third-order valence-corrected chi connectivity index (χ3v) is 5.78. The van der Waals surface area contributed by atoms with E-state index in [2.05, 4.69) is 53.5 Å². The van der Waals surface area contributed by atoms with Gasteiger partial charge in [-0.25, -0.2) is 4.68 Å². The van der Waals surface area contributed by atoms with Crippen LogP contribution in [0.1, 0.15) is 75.6 Å². The third kappa shape index (κ3) is 6.11. The SMILES string of the molecule is CCOc1ccc(C(C)(C)C)cc1CNC(=O)c1ccccc1/N=N/c1c(C(C)(C)C)nn(C)c1O. The Labute approximate surface area is 213 Å². The number of aromatic hydroxyl groups is 1. The number of ether oxygens (including phenoxy) is 1.